The lowest BCUT2D eigenvalue weighted by Crippen LogP contribution is -2.14. The number of aromatic nitrogens is 2. The van der Waals surface area contributed by atoms with Gasteiger partial charge in [0.25, 0.3) is 0 Å². The van der Waals surface area contributed by atoms with Crippen LogP contribution in [0.5, 0.6) is 0 Å². The molecule has 0 saturated heterocycles. The molecule has 1 heterocycles. The molecule has 1 radical (unpaired) electrons. The quantitative estimate of drug-likeness (QED) is 0.585. The highest BCUT2D eigenvalue weighted by Gasteiger charge is 2.21. The van der Waals surface area contributed by atoms with Crippen LogP contribution in [0.1, 0.15) is 26.2 Å². The van der Waals surface area contributed by atoms with Gasteiger partial charge in [0.1, 0.15) is 6.10 Å². The predicted molar refractivity (Wildman–Crippen MR) is 80.6 cm³/mol. The summed E-state index contributed by atoms with van der Waals surface area (Å²) in [6.45, 7) is 5.79. The largest absolute Gasteiger partial charge is 0.385 e. The van der Waals surface area contributed by atoms with Gasteiger partial charge in [0.2, 0.25) is 0 Å². The Bertz CT molecular complexity index is 505. The maximum atomic E-state index is 10.1. The molecule has 0 spiro atoms. The number of H-pyrrole nitrogens is 1. The number of nitrogens with zero attached hydrogens (tertiary/aromatic N) is 1. The Morgan fingerprint density at radius 1 is 1.53 bits per heavy atom. The molecular formula is C15H19N2OS. The fourth-order valence-electron chi connectivity index (χ4n) is 1.96. The average molecular weight is 275 g/mol. The zero-order chi connectivity index (χ0) is 13.7. The molecule has 0 amide bonds. The van der Waals surface area contributed by atoms with Crippen LogP contribution in [0.4, 0.5) is 0 Å². The van der Waals surface area contributed by atoms with Crippen molar-refractivity contribution in [3.63, 3.8) is 0 Å². The van der Waals surface area contributed by atoms with E-state index in [-0.39, 0.29) is 5.25 Å². The number of aliphatic hydroxyl groups excluding tert-OH is 1. The number of hydrogen-bond acceptors (Lipinski definition) is 3. The summed E-state index contributed by atoms with van der Waals surface area (Å²) in [7, 11) is 0. The van der Waals surface area contributed by atoms with Gasteiger partial charge in [-0.1, -0.05) is 43.3 Å². The highest BCUT2D eigenvalue weighted by Crippen LogP contribution is 2.32. The van der Waals surface area contributed by atoms with Gasteiger partial charge in [-0.05, 0) is 25.0 Å². The number of aromatic amines is 1. The molecule has 1 aromatic heterocycles. The van der Waals surface area contributed by atoms with Gasteiger partial charge in [-0.3, -0.25) is 0 Å². The van der Waals surface area contributed by atoms with Crippen molar-refractivity contribution in [2.75, 3.05) is 0 Å². The molecule has 0 bridgehead atoms. The average Bonchev–Trinajstić information content (AvgIpc) is 2.80. The minimum absolute atomic E-state index is 0.0727. The molecule has 2 N–H and O–H groups in total. The van der Waals surface area contributed by atoms with E-state index < -0.39 is 0 Å². The van der Waals surface area contributed by atoms with Crippen LogP contribution in [0.15, 0.2) is 42.1 Å². The molecular weight excluding hydrogens is 256 g/mol. The van der Waals surface area contributed by atoms with E-state index in [1.807, 2.05) is 24.3 Å². The molecule has 3 nitrogen and oxygen atoms in total. The fraction of sp³-hybridized carbons (Fsp3) is 0.333. The normalized spacial score (nSPS) is 13.0. The molecule has 1 aromatic carbocycles. The van der Waals surface area contributed by atoms with E-state index >= 15 is 0 Å². The summed E-state index contributed by atoms with van der Waals surface area (Å²) >= 11 is 1.59. The summed E-state index contributed by atoms with van der Waals surface area (Å²) < 4.78 is 0. The summed E-state index contributed by atoms with van der Waals surface area (Å²) in [6, 6.07) is 7.95. The molecule has 0 aliphatic carbocycles. The van der Waals surface area contributed by atoms with Gasteiger partial charge < -0.3 is 10.1 Å². The van der Waals surface area contributed by atoms with Crippen LogP contribution in [-0.4, -0.2) is 20.3 Å². The van der Waals surface area contributed by atoms with E-state index in [9.17, 15) is 5.11 Å². The second kappa shape index (κ2) is 6.78. The number of hydrogen-bond donors (Lipinski definition) is 2. The van der Waals surface area contributed by atoms with Crippen LogP contribution in [0.2, 0.25) is 0 Å². The number of fused-ring (bicyclic) bond motifs is 1. The van der Waals surface area contributed by atoms with Crippen molar-refractivity contribution >= 4 is 22.8 Å². The standard InChI is InChI=1S/C15H19N2OS/c1-3-7-13(18)14(8-4-2)19-15-16-11-9-5-6-10-12(11)17-15/h3,5-6,9-10,14,18H,1,4,7-8H2,2H3,(H,16,17)/t14-/m0/s1. The summed E-state index contributed by atoms with van der Waals surface area (Å²) in [5.41, 5.74) is 1.99. The summed E-state index contributed by atoms with van der Waals surface area (Å²) in [5.74, 6) is 0. The minimum atomic E-state index is 0.0727. The number of aliphatic hydroxyl groups is 1. The zero-order valence-corrected chi connectivity index (χ0v) is 11.9. The Labute approximate surface area is 118 Å². The second-order valence-electron chi connectivity index (χ2n) is 4.44. The first kappa shape index (κ1) is 14.2. The van der Waals surface area contributed by atoms with Gasteiger partial charge in [0.05, 0.1) is 11.0 Å². The van der Waals surface area contributed by atoms with Gasteiger partial charge in [-0.15, -0.1) is 6.58 Å². The van der Waals surface area contributed by atoms with Crippen LogP contribution in [0, 0.1) is 6.10 Å². The van der Waals surface area contributed by atoms with E-state index in [0.29, 0.717) is 12.5 Å². The first-order valence-corrected chi connectivity index (χ1v) is 7.39. The van der Waals surface area contributed by atoms with Crippen molar-refractivity contribution in [1.29, 1.82) is 0 Å². The topological polar surface area (TPSA) is 48.9 Å². The van der Waals surface area contributed by atoms with Crippen LogP contribution in [0.25, 0.3) is 11.0 Å². The Hall–Kier alpha value is -1.26. The van der Waals surface area contributed by atoms with Crippen molar-refractivity contribution < 1.29 is 5.11 Å². The monoisotopic (exact) mass is 275 g/mol. The molecule has 0 unspecified atom stereocenters. The van der Waals surface area contributed by atoms with Crippen LogP contribution >= 0.6 is 11.8 Å². The lowest BCUT2D eigenvalue weighted by molar-refractivity contribution is 0.282. The van der Waals surface area contributed by atoms with Crippen LogP contribution < -0.4 is 0 Å². The van der Waals surface area contributed by atoms with Gasteiger partial charge in [-0.2, -0.15) is 0 Å². The molecule has 0 aliphatic rings. The van der Waals surface area contributed by atoms with Gasteiger partial charge in [0, 0.05) is 5.25 Å². The third-order valence-electron chi connectivity index (χ3n) is 2.90. The maximum absolute atomic E-state index is 10.1. The Morgan fingerprint density at radius 3 is 3.00 bits per heavy atom. The number of rotatable bonds is 7. The molecule has 0 fully saturated rings. The van der Waals surface area contributed by atoms with E-state index in [0.717, 1.165) is 29.0 Å². The molecule has 2 rings (SSSR count). The number of benzene rings is 1. The number of imidazole rings is 1. The smallest absolute Gasteiger partial charge is 0.166 e. The Kier molecular flexibility index (Phi) is 5.05. The molecule has 0 saturated carbocycles. The molecule has 1 atom stereocenters. The van der Waals surface area contributed by atoms with E-state index in [4.69, 9.17) is 0 Å². The highest BCUT2D eigenvalue weighted by molar-refractivity contribution is 7.99. The summed E-state index contributed by atoms with van der Waals surface area (Å²) in [6.07, 6.45) is 4.71. The van der Waals surface area contributed by atoms with Crippen LogP contribution in [0.3, 0.4) is 0 Å². The first-order valence-electron chi connectivity index (χ1n) is 6.51. The molecule has 0 aliphatic heterocycles. The second-order valence-corrected chi connectivity index (χ2v) is 5.63. The third-order valence-corrected chi connectivity index (χ3v) is 4.11. The molecule has 4 heteroatoms. The first-order chi connectivity index (χ1) is 9.24. The third kappa shape index (κ3) is 3.61. The Balaban J connectivity index is 2.13. The highest BCUT2D eigenvalue weighted by atomic mass is 32.2. The number of thioether (sulfide) groups is 1. The fourth-order valence-corrected chi connectivity index (χ4v) is 3.13. The lowest BCUT2D eigenvalue weighted by atomic mass is 10.1. The minimum Gasteiger partial charge on any atom is -0.385 e. The molecule has 101 valence electrons. The predicted octanol–water partition coefficient (Wildman–Crippen LogP) is 4.30. The number of para-hydroxylation sites is 2. The van der Waals surface area contributed by atoms with E-state index in [1.165, 1.54) is 0 Å². The lowest BCUT2D eigenvalue weighted by Gasteiger charge is -2.18. The van der Waals surface area contributed by atoms with E-state index in [2.05, 4.69) is 23.5 Å². The Morgan fingerprint density at radius 2 is 2.32 bits per heavy atom. The summed E-state index contributed by atoms with van der Waals surface area (Å²) in [5, 5.41) is 11.0. The summed E-state index contributed by atoms with van der Waals surface area (Å²) in [4.78, 5) is 7.82. The molecule has 2 aromatic rings. The molecule has 19 heavy (non-hydrogen) atoms. The number of nitrogens with one attached hydrogen (secondary N) is 1. The van der Waals surface area contributed by atoms with Crippen molar-refractivity contribution in [1.82, 2.24) is 9.97 Å². The SMILES string of the molecule is C=CC[C](O)[C@H](CCC)Sc1nc2ccccc2[nH]1. The van der Waals surface area contributed by atoms with Gasteiger partial charge >= 0.3 is 0 Å². The van der Waals surface area contributed by atoms with Crippen molar-refractivity contribution in [2.24, 2.45) is 0 Å². The van der Waals surface area contributed by atoms with Crippen molar-refractivity contribution in [2.45, 2.75) is 36.6 Å². The maximum Gasteiger partial charge on any atom is 0.166 e. The van der Waals surface area contributed by atoms with Gasteiger partial charge in [0.15, 0.2) is 5.16 Å². The van der Waals surface area contributed by atoms with Crippen molar-refractivity contribution in [3.8, 4) is 0 Å². The van der Waals surface area contributed by atoms with Crippen molar-refractivity contribution in [3.05, 3.63) is 43.0 Å². The van der Waals surface area contributed by atoms with Crippen LogP contribution in [-0.2, 0) is 0 Å². The zero-order valence-electron chi connectivity index (χ0n) is 11.1. The van der Waals surface area contributed by atoms with E-state index in [1.54, 1.807) is 17.8 Å². The van der Waals surface area contributed by atoms with Gasteiger partial charge in [-0.25, -0.2) is 4.98 Å².